The van der Waals surface area contributed by atoms with Crippen LogP contribution in [0.2, 0.25) is 10.0 Å². The minimum Gasteiger partial charge on any atom is -0.497 e. The fourth-order valence-corrected chi connectivity index (χ4v) is 7.37. The van der Waals surface area contributed by atoms with Crippen LogP contribution in [-0.4, -0.2) is 73.3 Å². The van der Waals surface area contributed by atoms with Crippen molar-refractivity contribution >= 4 is 127 Å². The first-order chi connectivity index (χ1) is 32.5. The van der Waals surface area contributed by atoms with Gasteiger partial charge in [-0.25, -0.2) is 0 Å². The highest BCUT2D eigenvalue weighted by molar-refractivity contribution is 6.35. The molecule has 354 valence electrons. The quantitative estimate of drug-likeness (QED) is 0.0314. The molecule has 0 aliphatic carbocycles. The molecule has 21 heteroatoms. The molecule has 0 bridgehead atoms. The van der Waals surface area contributed by atoms with E-state index in [0.717, 1.165) is 25.0 Å². The van der Waals surface area contributed by atoms with Gasteiger partial charge in [-0.15, -0.1) is 34.8 Å². The summed E-state index contributed by atoms with van der Waals surface area (Å²) in [6.07, 6.45) is 1.09. The molecule has 5 aromatic carbocycles. The number of carbonyl (C=O) groups is 6. The van der Waals surface area contributed by atoms with Crippen molar-refractivity contribution in [2.45, 2.75) is 44.7 Å². The summed E-state index contributed by atoms with van der Waals surface area (Å²) in [5.41, 5.74) is 3.63. The molecule has 0 heterocycles. The molecule has 0 radical (unpaired) electrons. The van der Waals surface area contributed by atoms with E-state index >= 15 is 0 Å². The van der Waals surface area contributed by atoms with Crippen LogP contribution >= 0.6 is 58.0 Å². The second-order valence-corrected chi connectivity index (χ2v) is 16.5. The number of halogens is 5. The van der Waals surface area contributed by atoms with Gasteiger partial charge in [0.2, 0.25) is 12.1 Å². The van der Waals surface area contributed by atoms with Crippen LogP contribution in [-0.2, 0) is 37.9 Å². The summed E-state index contributed by atoms with van der Waals surface area (Å²) in [7, 11) is 3.00. The van der Waals surface area contributed by atoms with Crippen molar-refractivity contribution in [1.82, 2.24) is 0 Å². The van der Waals surface area contributed by atoms with Gasteiger partial charge < -0.3 is 30.7 Å². The smallest absolute Gasteiger partial charge is 0.258 e. The third-order valence-electron chi connectivity index (χ3n) is 9.69. The summed E-state index contributed by atoms with van der Waals surface area (Å²) in [5, 5.41) is 27.1. The Kier molecular flexibility index (Phi) is 19.4. The number of alkyl halides is 3. The number of hydrogen-bond donors (Lipinski definition) is 4. The normalized spacial score (nSPS) is 12.0. The second kappa shape index (κ2) is 25.1. The number of ether oxygens (including phenoxy) is 2. The zero-order valence-corrected chi connectivity index (χ0v) is 40.6. The van der Waals surface area contributed by atoms with E-state index in [2.05, 4.69) is 41.7 Å². The maximum Gasteiger partial charge on any atom is 0.258 e. The van der Waals surface area contributed by atoms with Crippen molar-refractivity contribution in [2.24, 2.45) is 20.5 Å². The van der Waals surface area contributed by atoms with E-state index in [1.807, 2.05) is 0 Å². The van der Waals surface area contributed by atoms with E-state index in [4.69, 9.17) is 67.5 Å². The number of ketones is 2. The highest BCUT2D eigenvalue weighted by Gasteiger charge is 2.26. The van der Waals surface area contributed by atoms with Crippen LogP contribution in [0.15, 0.2) is 111 Å². The number of methoxy groups -OCH3 is 2. The highest BCUT2D eigenvalue weighted by atomic mass is 35.5. The molecule has 68 heavy (non-hydrogen) atoms. The Morgan fingerprint density at radius 3 is 1.41 bits per heavy atom. The molecule has 2 unspecified atom stereocenters. The Hall–Kier alpha value is -6.43. The Morgan fingerprint density at radius 2 is 1.00 bits per heavy atom. The van der Waals surface area contributed by atoms with E-state index in [1.54, 1.807) is 36.4 Å². The Bertz CT molecular complexity index is 2790. The molecule has 0 fully saturated rings. The van der Waals surface area contributed by atoms with E-state index in [9.17, 15) is 28.8 Å². The number of rotatable bonds is 21. The molecule has 0 aliphatic heterocycles. The largest absolute Gasteiger partial charge is 0.497 e. The van der Waals surface area contributed by atoms with Crippen LogP contribution in [0.25, 0.3) is 0 Å². The Balaban J connectivity index is 1.25. The van der Waals surface area contributed by atoms with Crippen molar-refractivity contribution in [2.75, 3.05) is 47.2 Å². The lowest BCUT2D eigenvalue weighted by molar-refractivity contribution is -0.127. The summed E-state index contributed by atoms with van der Waals surface area (Å²) in [6.45, 7) is 2.32. The number of amides is 4. The Morgan fingerprint density at radius 1 is 0.544 bits per heavy atom. The number of benzene rings is 5. The molecule has 0 aliphatic rings. The van der Waals surface area contributed by atoms with Gasteiger partial charge in [-0.1, -0.05) is 23.2 Å². The van der Waals surface area contributed by atoms with Crippen LogP contribution in [0.5, 0.6) is 11.5 Å². The number of carbonyl (C=O) groups excluding carboxylic acids is 6. The number of Topliss-reactive ketones (excluding diaryl/α,β-unsaturated/α-hetero) is 2. The summed E-state index contributed by atoms with van der Waals surface area (Å²) >= 11 is 30.8. The van der Waals surface area contributed by atoms with Gasteiger partial charge in [0.1, 0.15) is 11.5 Å². The summed E-state index contributed by atoms with van der Waals surface area (Å²) < 4.78 is 10.7. The maximum atomic E-state index is 13.4. The number of aryl methyl sites for hydroxylation is 2. The lowest BCUT2D eigenvalue weighted by Crippen LogP contribution is -2.32. The highest BCUT2D eigenvalue weighted by Crippen LogP contribution is 2.30. The molecule has 4 N–H and O–H groups in total. The molecule has 5 rings (SSSR count). The van der Waals surface area contributed by atoms with Crippen LogP contribution in [0.1, 0.15) is 51.3 Å². The van der Waals surface area contributed by atoms with Crippen LogP contribution < -0.4 is 30.7 Å². The molecule has 5 aromatic rings. The van der Waals surface area contributed by atoms with E-state index in [0.29, 0.717) is 53.0 Å². The van der Waals surface area contributed by atoms with Gasteiger partial charge in [-0.3, -0.25) is 28.8 Å². The summed E-state index contributed by atoms with van der Waals surface area (Å²) in [6, 6.07) is 20.0. The van der Waals surface area contributed by atoms with Gasteiger partial charge in [-0.05, 0) is 122 Å². The van der Waals surface area contributed by atoms with Crippen molar-refractivity contribution < 1.29 is 38.2 Å². The van der Waals surface area contributed by atoms with E-state index < -0.39 is 47.3 Å². The molecule has 2 atom stereocenters. The molecular formula is C47H43Cl5N8O8. The topological polar surface area (TPSA) is 218 Å². The van der Waals surface area contributed by atoms with Crippen LogP contribution in [0.4, 0.5) is 34.1 Å². The van der Waals surface area contributed by atoms with Gasteiger partial charge in [-0.2, -0.15) is 20.5 Å². The number of nitrogens with one attached hydrogen (secondary N) is 4. The first-order valence-corrected chi connectivity index (χ1v) is 22.7. The van der Waals surface area contributed by atoms with Gasteiger partial charge in [0, 0.05) is 52.5 Å². The van der Waals surface area contributed by atoms with E-state index in [-0.39, 0.29) is 49.8 Å². The predicted molar refractivity (Wildman–Crippen MR) is 265 cm³/mol. The van der Waals surface area contributed by atoms with Gasteiger partial charge >= 0.3 is 0 Å². The lowest BCUT2D eigenvalue weighted by Gasteiger charge is -2.15. The molecule has 0 aromatic heterocycles. The van der Waals surface area contributed by atoms with Gasteiger partial charge in [0.05, 0.1) is 46.8 Å². The van der Waals surface area contributed by atoms with E-state index in [1.165, 1.54) is 68.8 Å². The van der Waals surface area contributed by atoms with Crippen molar-refractivity contribution in [1.29, 1.82) is 0 Å². The molecule has 16 nitrogen and oxygen atoms in total. The SMILES string of the molecule is COc1cc(CCCl)cc(NC(=O)c2cc(N=NC(C(C)=O)C(=O)Nc3ccc(NC(=O)C(N=Nc4ccc(Cl)c(C(=O)Nc5cc(CCCl)cc(OC)c5)c4)C(C)=O)c(CCl)c3)ccc2Cl)c1. The van der Waals surface area contributed by atoms with Gasteiger partial charge in [0.15, 0.2) is 11.6 Å². The monoisotopic (exact) mass is 1020 g/mol. The average Bonchev–Trinajstić information content (AvgIpc) is 3.30. The second-order valence-electron chi connectivity index (χ2n) is 14.7. The molecule has 0 saturated heterocycles. The first-order valence-electron chi connectivity index (χ1n) is 20.4. The fourth-order valence-electron chi connectivity index (χ4n) is 6.31. The molecule has 0 saturated carbocycles. The lowest BCUT2D eigenvalue weighted by atomic mass is 10.1. The number of nitrogens with zero attached hydrogens (tertiary/aromatic N) is 4. The Labute approximate surface area is 416 Å². The molecule has 4 amide bonds. The molecular weight excluding hydrogens is 982 g/mol. The number of azo groups is 2. The summed E-state index contributed by atoms with van der Waals surface area (Å²) in [4.78, 5) is 78.7. The standard InChI is InChI=1S/C47H43Cl5N8O8/c1-25(61)42(59-57-31-5-8-39(51)37(22-31)44(63)54-33-15-27(11-13-48)17-35(20-33)67-3)46(65)53-30-7-10-41(29(19-30)24-50)56-47(66)43(26(2)62)60-58-32-6-9-40(52)38(23-32)45(64)55-34-16-28(12-14-49)18-36(21-34)68-4/h5-10,15-23,42-43H,11-14,24H2,1-4H3,(H,53,65)(H,54,63)(H,55,64)(H,56,66). The fraction of sp³-hybridized carbons (Fsp3) is 0.234. The van der Waals surface area contributed by atoms with Crippen LogP contribution in [0.3, 0.4) is 0 Å². The van der Waals surface area contributed by atoms with Gasteiger partial charge in [0.25, 0.3) is 23.6 Å². The van der Waals surface area contributed by atoms with Crippen molar-refractivity contribution in [3.63, 3.8) is 0 Å². The zero-order valence-electron chi connectivity index (χ0n) is 36.8. The van der Waals surface area contributed by atoms with Crippen molar-refractivity contribution in [3.8, 4) is 11.5 Å². The third-order valence-corrected chi connectivity index (χ3v) is 11.0. The average molecular weight is 1030 g/mol. The number of hydrogen-bond acceptors (Lipinski definition) is 12. The zero-order chi connectivity index (χ0) is 49.5. The van der Waals surface area contributed by atoms with Crippen molar-refractivity contribution in [3.05, 3.63) is 129 Å². The first kappa shape index (κ1) is 52.5. The predicted octanol–water partition coefficient (Wildman–Crippen LogP) is 11.2. The van der Waals surface area contributed by atoms with Crippen LogP contribution in [0, 0.1) is 0 Å². The number of anilines is 4. The summed E-state index contributed by atoms with van der Waals surface area (Å²) in [5.74, 6) is -2.49. The maximum absolute atomic E-state index is 13.4. The minimum atomic E-state index is -1.61. The molecule has 0 spiro atoms. The minimum absolute atomic E-state index is 0.0471. The third kappa shape index (κ3) is 14.5.